The van der Waals surface area contributed by atoms with Crippen molar-refractivity contribution in [1.82, 2.24) is 10.6 Å². The van der Waals surface area contributed by atoms with Crippen molar-refractivity contribution in [2.24, 2.45) is 0 Å². The first-order chi connectivity index (χ1) is 13.8. The second-order valence-corrected chi connectivity index (χ2v) is 7.16. The number of rotatable bonds is 9. The molecule has 2 rings (SSSR count). The molecule has 0 radical (unpaired) electrons. The quantitative estimate of drug-likeness (QED) is 0.602. The van der Waals surface area contributed by atoms with Gasteiger partial charge < -0.3 is 20.1 Å². The van der Waals surface area contributed by atoms with Crippen LogP contribution in [-0.2, 0) is 4.79 Å². The highest BCUT2D eigenvalue weighted by Gasteiger charge is 2.16. The molecule has 2 aromatic rings. The maximum absolute atomic E-state index is 12.3. The minimum Gasteiger partial charge on any atom is -0.493 e. The summed E-state index contributed by atoms with van der Waals surface area (Å²) in [4.78, 5) is 24.3. The lowest BCUT2D eigenvalue weighted by Gasteiger charge is -2.19. The van der Waals surface area contributed by atoms with E-state index < -0.39 is 0 Å². The third-order valence-corrected chi connectivity index (χ3v) is 4.84. The number of hydrogen-bond donors (Lipinski definition) is 2. The van der Waals surface area contributed by atoms with Crippen molar-refractivity contribution < 1.29 is 19.1 Å². The monoisotopic (exact) mass is 418 g/mol. The van der Waals surface area contributed by atoms with Crippen LogP contribution in [0.15, 0.2) is 36.4 Å². The van der Waals surface area contributed by atoms with Crippen molar-refractivity contribution in [2.75, 3.05) is 20.8 Å². The largest absolute Gasteiger partial charge is 0.493 e. The van der Waals surface area contributed by atoms with Crippen LogP contribution in [0.25, 0.3) is 0 Å². The summed E-state index contributed by atoms with van der Waals surface area (Å²) >= 11 is 5.82. The maximum atomic E-state index is 12.3. The zero-order chi connectivity index (χ0) is 21.4. The molecule has 0 aromatic heterocycles. The predicted octanol–water partition coefficient (Wildman–Crippen LogP) is 4.05. The lowest BCUT2D eigenvalue weighted by molar-refractivity contribution is -0.121. The first kappa shape index (κ1) is 22.6. The van der Waals surface area contributed by atoms with Gasteiger partial charge in [-0.25, -0.2) is 0 Å². The number of halogens is 1. The van der Waals surface area contributed by atoms with Gasteiger partial charge in [-0.3, -0.25) is 9.59 Å². The molecule has 0 fully saturated rings. The van der Waals surface area contributed by atoms with E-state index in [0.717, 1.165) is 11.1 Å². The molecule has 2 aromatic carbocycles. The van der Waals surface area contributed by atoms with Gasteiger partial charge >= 0.3 is 0 Å². The van der Waals surface area contributed by atoms with Gasteiger partial charge in [0, 0.05) is 23.6 Å². The summed E-state index contributed by atoms with van der Waals surface area (Å²) in [5, 5.41) is 6.37. The smallest absolute Gasteiger partial charge is 0.251 e. The number of nitrogens with one attached hydrogen (secondary N) is 2. The van der Waals surface area contributed by atoms with Crippen LogP contribution >= 0.6 is 11.6 Å². The second kappa shape index (κ2) is 10.7. The standard InChI is InChI=1S/C22H27ClN2O4/c1-14-12-19(28-3)20(29-4)13-18(14)15(2)25-21(26)6-5-11-24-22(27)16-7-9-17(23)10-8-16/h7-10,12-13,15H,5-6,11H2,1-4H3,(H,24,27)(H,25,26). The van der Waals surface area contributed by atoms with E-state index in [-0.39, 0.29) is 17.9 Å². The number of methoxy groups -OCH3 is 2. The van der Waals surface area contributed by atoms with Crippen LogP contribution < -0.4 is 20.1 Å². The van der Waals surface area contributed by atoms with Crippen molar-refractivity contribution in [3.8, 4) is 11.5 Å². The molecule has 156 valence electrons. The van der Waals surface area contributed by atoms with Gasteiger partial charge in [0.05, 0.1) is 20.3 Å². The normalized spacial score (nSPS) is 11.5. The molecule has 0 aliphatic rings. The number of hydrogen-bond acceptors (Lipinski definition) is 4. The van der Waals surface area contributed by atoms with Crippen LogP contribution in [-0.4, -0.2) is 32.6 Å². The fourth-order valence-corrected chi connectivity index (χ4v) is 3.13. The molecule has 0 saturated carbocycles. The molecule has 0 aliphatic carbocycles. The molecular formula is C22H27ClN2O4. The Bertz CT molecular complexity index is 853. The van der Waals surface area contributed by atoms with Crippen LogP contribution in [0.1, 0.15) is 47.3 Å². The van der Waals surface area contributed by atoms with Crippen LogP contribution in [0.4, 0.5) is 0 Å². The van der Waals surface area contributed by atoms with Crippen molar-refractivity contribution >= 4 is 23.4 Å². The van der Waals surface area contributed by atoms with Gasteiger partial charge in [0.2, 0.25) is 5.91 Å². The highest BCUT2D eigenvalue weighted by molar-refractivity contribution is 6.30. The molecule has 0 bridgehead atoms. The van der Waals surface area contributed by atoms with E-state index in [1.54, 1.807) is 38.5 Å². The molecule has 2 amide bonds. The van der Waals surface area contributed by atoms with Crippen LogP contribution in [0.5, 0.6) is 11.5 Å². The predicted molar refractivity (Wildman–Crippen MR) is 114 cm³/mol. The third-order valence-electron chi connectivity index (χ3n) is 4.59. The second-order valence-electron chi connectivity index (χ2n) is 6.72. The maximum Gasteiger partial charge on any atom is 0.251 e. The van der Waals surface area contributed by atoms with E-state index in [9.17, 15) is 9.59 Å². The summed E-state index contributed by atoms with van der Waals surface area (Å²) in [6, 6.07) is 10.3. The molecule has 2 N–H and O–H groups in total. The molecule has 29 heavy (non-hydrogen) atoms. The zero-order valence-electron chi connectivity index (χ0n) is 17.2. The van der Waals surface area contributed by atoms with Gasteiger partial charge in [0.1, 0.15) is 0 Å². The molecule has 1 atom stereocenters. The summed E-state index contributed by atoms with van der Waals surface area (Å²) in [7, 11) is 3.17. The number of carbonyl (C=O) groups excluding carboxylic acids is 2. The van der Waals surface area contributed by atoms with E-state index in [4.69, 9.17) is 21.1 Å². The van der Waals surface area contributed by atoms with Gasteiger partial charge in [-0.2, -0.15) is 0 Å². The summed E-state index contributed by atoms with van der Waals surface area (Å²) in [5.74, 6) is 1.02. The Balaban J connectivity index is 1.81. The van der Waals surface area contributed by atoms with Gasteiger partial charge in [-0.1, -0.05) is 11.6 Å². The molecule has 0 aliphatic heterocycles. The average molecular weight is 419 g/mol. The molecule has 0 saturated heterocycles. The van der Waals surface area contributed by atoms with Gasteiger partial charge in [0.15, 0.2) is 11.5 Å². The van der Waals surface area contributed by atoms with E-state index in [1.165, 1.54) is 0 Å². The highest BCUT2D eigenvalue weighted by Crippen LogP contribution is 2.32. The van der Waals surface area contributed by atoms with Gasteiger partial charge in [0.25, 0.3) is 5.91 Å². The minimum absolute atomic E-state index is 0.0765. The Morgan fingerprint density at radius 3 is 2.31 bits per heavy atom. The van der Waals surface area contributed by atoms with Crippen molar-refractivity contribution in [3.05, 3.63) is 58.1 Å². The SMILES string of the molecule is COc1cc(C)c(C(C)NC(=O)CCCNC(=O)c2ccc(Cl)cc2)cc1OC. The Kier molecular flexibility index (Phi) is 8.34. The summed E-state index contributed by atoms with van der Waals surface area (Å²) in [6.07, 6.45) is 0.861. The number of benzene rings is 2. The fraction of sp³-hybridized carbons (Fsp3) is 0.364. The van der Waals surface area contributed by atoms with Crippen molar-refractivity contribution in [3.63, 3.8) is 0 Å². The molecule has 0 heterocycles. The number of amides is 2. The minimum atomic E-state index is -0.184. The number of ether oxygens (including phenoxy) is 2. The highest BCUT2D eigenvalue weighted by atomic mass is 35.5. The zero-order valence-corrected chi connectivity index (χ0v) is 17.9. The van der Waals surface area contributed by atoms with Crippen molar-refractivity contribution in [1.29, 1.82) is 0 Å². The van der Waals surface area contributed by atoms with Crippen LogP contribution in [0, 0.1) is 6.92 Å². The summed E-state index contributed by atoms with van der Waals surface area (Å²) < 4.78 is 10.6. The fourth-order valence-electron chi connectivity index (χ4n) is 3.01. The average Bonchev–Trinajstić information content (AvgIpc) is 2.71. The number of carbonyl (C=O) groups is 2. The topological polar surface area (TPSA) is 76.7 Å². The van der Waals surface area contributed by atoms with E-state index in [0.29, 0.717) is 41.5 Å². The number of aryl methyl sites for hydroxylation is 1. The third kappa shape index (κ3) is 6.39. The van der Waals surface area contributed by atoms with E-state index in [1.807, 2.05) is 26.0 Å². The first-order valence-corrected chi connectivity index (χ1v) is 9.79. The molecule has 0 spiro atoms. The van der Waals surface area contributed by atoms with Crippen LogP contribution in [0.2, 0.25) is 5.02 Å². The van der Waals surface area contributed by atoms with Crippen molar-refractivity contribution in [2.45, 2.75) is 32.7 Å². The first-order valence-electron chi connectivity index (χ1n) is 9.41. The van der Waals surface area contributed by atoms with E-state index in [2.05, 4.69) is 10.6 Å². The molecule has 7 heteroatoms. The molecule has 6 nitrogen and oxygen atoms in total. The molecule has 1 unspecified atom stereocenters. The Morgan fingerprint density at radius 2 is 1.69 bits per heavy atom. The molecular weight excluding hydrogens is 392 g/mol. The Labute approximate surface area is 176 Å². The lowest BCUT2D eigenvalue weighted by atomic mass is 10.0. The Morgan fingerprint density at radius 1 is 1.07 bits per heavy atom. The van der Waals surface area contributed by atoms with Gasteiger partial charge in [-0.05, 0) is 67.8 Å². The lowest BCUT2D eigenvalue weighted by Crippen LogP contribution is -2.29. The van der Waals surface area contributed by atoms with Gasteiger partial charge in [-0.15, -0.1) is 0 Å². The summed E-state index contributed by atoms with van der Waals surface area (Å²) in [6.45, 7) is 4.30. The van der Waals surface area contributed by atoms with E-state index >= 15 is 0 Å². The Hall–Kier alpha value is -2.73. The summed E-state index contributed by atoms with van der Waals surface area (Å²) in [5.41, 5.74) is 2.51. The van der Waals surface area contributed by atoms with Crippen LogP contribution in [0.3, 0.4) is 0 Å².